The number of aromatic nitrogens is 2. The van der Waals surface area contributed by atoms with Gasteiger partial charge in [-0.1, -0.05) is 5.11 Å². The zero-order valence-electron chi connectivity index (χ0n) is 10.5. The molecule has 1 aliphatic heterocycles. The van der Waals surface area contributed by atoms with Crippen molar-refractivity contribution in [3.63, 3.8) is 0 Å². The zero-order valence-corrected chi connectivity index (χ0v) is 10.5. The highest BCUT2D eigenvalue weighted by Gasteiger charge is 2.37. The first-order valence-corrected chi connectivity index (χ1v) is 5.89. The second kappa shape index (κ2) is 6.35. The summed E-state index contributed by atoms with van der Waals surface area (Å²) in [5.74, 6) is 0.106. The SMILES string of the molecule is [N-]=[N+]=NCO[C@@H]1C[C@@H](CO)O[C@H]1n1ccc(N)nc1=O. The minimum Gasteiger partial charge on any atom is -0.394 e. The molecule has 3 N–H and O–H groups in total. The number of hydrogen-bond acceptors (Lipinski definition) is 7. The average molecular weight is 282 g/mol. The second-order valence-electron chi connectivity index (χ2n) is 4.17. The lowest BCUT2D eigenvalue weighted by molar-refractivity contribution is -0.0716. The summed E-state index contributed by atoms with van der Waals surface area (Å²) in [5, 5.41) is 12.4. The Labute approximate surface area is 113 Å². The van der Waals surface area contributed by atoms with Crippen molar-refractivity contribution in [3.8, 4) is 0 Å². The van der Waals surface area contributed by atoms with Gasteiger partial charge in [0, 0.05) is 17.5 Å². The van der Waals surface area contributed by atoms with E-state index in [0.29, 0.717) is 6.42 Å². The van der Waals surface area contributed by atoms with Crippen LogP contribution in [0.1, 0.15) is 12.6 Å². The van der Waals surface area contributed by atoms with E-state index < -0.39 is 24.1 Å². The van der Waals surface area contributed by atoms with Gasteiger partial charge >= 0.3 is 5.69 Å². The van der Waals surface area contributed by atoms with Crippen LogP contribution in [0.5, 0.6) is 0 Å². The number of hydrogen-bond donors (Lipinski definition) is 2. The molecule has 2 heterocycles. The summed E-state index contributed by atoms with van der Waals surface area (Å²) in [5.41, 5.74) is 13.1. The summed E-state index contributed by atoms with van der Waals surface area (Å²) in [6, 6.07) is 1.46. The van der Waals surface area contributed by atoms with Crippen LogP contribution in [0.2, 0.25) is 0 Å². The van der Waals surface area contributed by atoms with E-state index in [-0.39, 0.29) is 19.2 Å². The molecular weight excluding hydrogens is 268 g/mol. The number of nitrogen functional groups attached to an aromatic ring is 1. The lowest BCUT2D eigenvalue weighted by Crippen LogP contribution is -2.33. The lowest BCUT2D eigenvalue weighted by Gasteiger charge is -2.20. The molecule has 0 radical (unpaired) electrons. The van der Waals surface area contributed by atoms with E-state index in [0.717, 1.165) is 0 Å². The number of nitrogens with zero attached hydrogens (tertiary/aromatic N) is 5. The Kier molecular flexibility index (Phi) is 4.53. The van der Waals surface area contributed by atoms with Crippen LogP contribution < -0.4 is 11.4 Å². The maximum atomic E-state index is 11.8. The Morgan fingerprint density at radius 1 is 1.75 bits per heavy atom. The number of aliphatic hydroxyl groups excluding tert-OH is 1. The maximum Gasteiger partial charge on any atom is 0.351 e. The number of azide groups is 1. The van der Waals surface area contributed by atoms with Gasteiger partial charge in [-0.2, -0.15) is 4.98 Å². The molecule has 1 aliphatic rings. The summed E-state index contributed by atoms with van der Waals surface area (Å²) < 4.78 is 12.1. The fourth-order valence-electron chi connectivity index (χ4n) is 2.00. The van der Waals surface area contributed by atoms with E-state index in [1.165, 1.54) is 16.8 Å². The van der Waals surface area contributed by atoms with Crippen LogP contribution in [0, 0.1) is 0 Å². The van der Waals surface area contributed by atoms with E-state index in [2.05, 4.69) is 15.0 Å². The van der Waals surface area contributed by atoms with Crippen LogP contribution >= 0.6 is 0 Å². The van der Waals surface area contributed by atoms with Gasteiger partial charge in [0.05, 0.1) is 12.7 Å². The van der Waals surface area contributed by atoms with Crippen molar-refractivity contribution in [2.24, 2.45) is 5.11 Å². The van der Waals surface area contributed by atoms with Crippen LogP contribution in [0.3, 0.4) is 0 Å². The van der Waals surface area contributed by atoms with Crippen molar-refractivity contribution >= 4 is 5.82 Å². The van der Waals surface area contributed by atoms with E-state index in [4.69, 9.17) is 25.8 Å². The Bertz CT molecular complexity index is 569. The Morgan fingerprint density at radius 2 is 2.55 bits per heavy atom. The Hall–Kier alpha value is -2.13. The van der Waals surface area contributed by atoms with Gasteiger partial charge in [-0.3, -0.25) is 4.57 Å². The minimum atomic E-state index is -0.748. The predicted molar refractivity (Wildman–Crippen MR) is 67.4 cm³/mol. The molecular formula is C10H14N6O4. The molecule has 1 fully saturated rings. The van der Waals surface area contributed by atoms with Gasteiger partial charge in [-0.15, -0.1) is 0 Å². The molecule has 0 spiro atoms. The van der Waals surface area contributed by atoms with Crippen molar-refractivity contribution < 1.29 is 14.6 Å². The van der Waals surface area contributed by atoms with Gasteiger partial charge in [0.25, 0.3) is 0 Å². The third-order valence-corrected chi connectivity index (χ3v) is 2.88. The Balaban J connectivity index is 2.21. The third kappa shape index (κ3) is 3.06. The van der Waals surface area contributed by atoms with Crippen LogP contribution in [0.4, 0.5) is 5.82 Å². The lowest BCUT2D eigenvalue weighted by atomic mass is 10.2. The monoisotopic (exact) mass is 282 g/mol. The van der Waals surface area contributed by atoms with Crippen molar-refractivity contribution in [1.82, 2.24) is 9.55 Å². The summed E-state index contributed by atoms with van der Waals surface area (Å²) >= 11 is 0. The summed E-state index contributed by atoms with van der Waals surface area (Å²) in [7, 11) is 0. The van der Waals surface area contributed by atoms with Gasteiger partial charge in [0.2, 0.25) is 0 Å². The molecule has 0 aromatic carbocycles. The Morgan fingerprint density at radius 3 is 3.20 bits per heavy atom. The van der Waals surface area contributed by atoms with Gasteiger partial charge in [-0.05, 0) is 11.6 Å². The van der Waals surface area contributed by atoms with Crippen molar-refractivity contribution in [3.05, 3.63) is 33.2 Å². The molecule has 1 aromatic rings. The molecule has 2 rings (SSSR count). The third-order valence-electron chi connectivity index (χ3n) is 2.88. The highest BCUT2D eigenvalue weighted by atomic mass is 16.6. The number of rotatable bonds is 5. The number of nitrogens with two attached hydrogens (primary N) is 1. The first-order valence-electron chi connectivity index (χ1n) is 5.89. The van der Waals surface area contributed by atoms with E-state index in [1.807, 2.05) is 0 Å². The first-order chi connectivity index (χ1) is 9.65. The number of aliphatic hydroxyl groups is 1. The molecule has 3 atom stereocenters. The molecule has 0 amide bonds. The topological polar surface area (TPSA) is 148 Å². The summed E-state index contributed by atoms with van der Waals surface area (Å²) in [6.45, 7) is -0.384. The normalized spacial score (nSPS) is 25.4. The quantitative estimate of drug-likeness (QED) is 0.432. The fourth-order valence-corrected chi connectivity index (χ4v) is 2.00. The smallest absolute Gasteiger partial charge is 0.351 e. The number of anilines is 1. The molecule has 20 heavy (non-hydrogen) atoms. The first kappa shape index (κ1) is 14.3. The maximum absolute atomic E-state index is 11.8. The minimum absolute atomic E-state index is 0.106. The zero-order chi connectivity index (χ0) is 14.5. The van der Waals surface area contributed by atoms with Gasteiger partial charge < -0.3 is 20.3 Å². The fraction of sp³-hybridized carbons (Fsp3) is 0.600. The van der Waals surface area contributed by atoms with Crippen LogP contribution in [0.25, 0.3) is 10.4 Å². The van der Waals surface area contributed by atoms with Crippen molar-refractivity contribution in [1.29, 1.82) is 0 Å². The van der Waals surface area contributed by atoms with Gasteiger partial charge in [0.1, 0.15) is 18.7 Å². The highest BCUT2D eigenvalue weighted by molar-refractivity contribution is 5.23. The van der Waals surface area contributed by atoms with Gasteiger partial charge in [-0.25, -0.2) is 4.79 Å². The molecule has 1 aromatic heterocycles. The molecule has 0 unspecified atom stereocenters. The van der Waals surface area contributed by atoms with Crippen LogP contribution in [-0.4, -0.2) is 40.2 Å². The number of ether oxygens (including phenoxy) is 2. The highest BCUT2D eigenvalue weighted by Crippen LogP contribution is 2.30. The molecule has 0 saturated carbocycles. The van der Waals surface area contributed by atoms with Crippen LogP contribution in [0.15, 0.2) is 22.2 Å². The molecule has 10 heteroatoms. The van der Waals surface area contributed by atoms with Crippen molar-refractivity contribution in [2.45, 2.75) is 24.9 Å². The molecule has 0 bridgehead atoms. The van der Waals surface area contributed by atoms with E-state index in [9.17, 15) is 4.79 Å². The van der Waals surface area contributed by atoms with E-state index in [1.54, 1.807) is 0 Å². The van der Waals surface area contributed by atoms with Crippen LogP contribution in [-0.2, 0) is 9.47 Å². The second-order valence-corrected chi connectivity index (χ2v) is 4.17. The standard InChI is InChI=1S/C10H14N6O4/c11-8-1-2-16(10(18)14-8)9-7(19-5-13-15-12)3-6(4-17)20-9/h1-2,6-7,9,17H,3-5H2,(H2,11,14,18)/t6-,7+,9+/m0/s1. The molecule has 108 valence electrons. The van der Waals surface area contributed by atoms with Gasteiger partial charge in [0.15, 0.2) is 6.23 Å². The predicted octanol–water partition coefficient (Wildman–Crippen LogP) is -0.242. The van der Waals surface area contributed by atoms with Crippen molar-refractivity contribution in [2.75, 3.05) is 19.1 Å². The molecule has 10 nitrogen and oxygen atoms in total. The average Bonchev–Trinajstić information content (AvgIpc) is 2.82. The summed E-state index contributed by atoms with van der Waals surface area (Å²) in [4.78, 5) is 18.0. The molecule has 0 aliphatic carbocycles. The summed E-state index contributed by atoms with van der Waals surface area (Å²) in [6.07, 6.45) is 0.0840. The molecule has 1 saturated heterocycles. The van der Waals surface area contributed by atoms with E-state index >= 15 is 0 Å². The largest absolute Gasteiger partial charge is 0.394 e.